The molecule has 1 atom stereocenters. The monoisotopic (exact) mass is 332 g/mol. The third-order valence-electron chi connectivity index (χ3n) is 3.98. The highest BCUT2D eigenvalue weighted by Gasteiger charge is 2.34. The first-order valence-corrected chi connectivity index (χ1v) is 7.23. The molecule has 2 aromatic rings. The van der Waals surface area contributed by atoms with E-state index in [-0.39, 0.29) is 53.1 Å². The maximum absolute atomic E-state index is 12.7. The van der Waals surface area contributed by atoms with E-state index in [4.69, 9.17) is 9.47 Å². The minimum Gasteiger partial charge on any atom is -0.504 e. The van der Waals surface area contributed by atoms with E-state index < -0.39 is 11.7 Å². The number of aromatic hydroxyl groups is 4. The van der Waals surface area contributed by atoms with E-state index in [2.05, 4.69) is 0 Å². The standard InChI is InChI=1S/C17H16O7/c1-23-17-12(20)6-13-14(16(17)22)15(21)9(7-24-13)4-8-2-3-10(18)11(19)5-8/h2-3,5-6,9,18-20,22H,4,7H2,1H3/t9-/m0/s1. The number of phenols is 4. The predicted octanol–water partition coefficient (Wildman–Crippen LogP) is 1.95. The van der Waals surface area contributed by atoms with E-state index in [1.54, 1.807) is 6.07 Å². The molecule has 2 aromatic carbocycles. The molecule has 1 aliphatic heterocycles. The number of benzene rings is 2. The zero-order valence-corrected chi connectivity index (χ0v) is 12.8. The van der Waals surface area contributed by atoms with Crippen molar-refractivity contribution in [1.29, 1.82) is 0 Å². The highest BCUT2D eigenvalue weighted by atomic mass is 16.5. The lowest BCUT2D eigenvalue weighted by Crippen LogP contribution is -2.29. The van der Waals surface area contributed by atoms with Crippen LogP contribution in [0.1, 0.15) is 15.9 Å². The fraction of sp³-hybridized carbons (Fsp3) is 0.235. The second-order valence-electron chi connectivity index (χ2n) is 5.55. The molecule has 0 aromatic heterocycles. The van der Waals surface area contributed by atoms with Gasteiger partial charge in [-0.2, -0.15) is 0 Å². The third-order valence-corrected chi connectivity index (χ3v) is 3.98. The first kappa shape index (κ1) is 15.8. The Hall–Kier alpha value is -3.09. The summed E-state index contributed by atoms with van der Waals surface area (Å²) in [6.07, 6.45) is 0.259. The molecule has 0 unspecified atom stereocenters. The number of carbonyl (C=O) groups is 1. The van der Waals surface area contributed by atoms with Crippen LogP contribution in [0, 0.1) is 5.92 Å². The van der Waals surface area contributed by atoms with Crippen molar-refractivity contribution in [1.82, 2.24) is 0 Å². The number of hydrogen-bond acceptors (Lipinski definition) is 7. The van der Waals surface area contributed by atoms with Gasteiger partial charge in [-0.1, -0.05) is 6.07 Å². The van der Waals surface area contributed by atoms with Crippen LogP contribution in [0.15, 0.2) is 24.3 Å². The van der Waals surface area contributed by atoms with Crippen molar-refractivity contribution in [2.24, 2.45) is 5.92 Å². The number of rotatable bonds is 3. The van der Waals surface area contributed by atoms with Gasteiger partial charge in [0, 0.05) is 6.07 Å². The molecule has 4 N–H and O–H groups in total. The van der Waals surface area contributed by atoms with E-state index in [0.717, 1.165) is 0 Å². The van der Waals surface area contributed by atoms with Gasteiger partial charge in [0.25, 0.3) is 0 Å². The van der Waals surface area contributed by atoms with Gasteiger partial charge in [-0.05, 0) is 24.1 Å². The van der Waals surface area contributed by atoms with Gasteiger partial charge >= 0.3 is 0 Å². The molecule has 1 heterocycles. The minimum absolute atomic E-state index is 0.0381. The second-order valence-corrected chi connectivity index (χ2v) is 5.55. The zero-order chi connectivity index (χ0) is 17.4. The lowest BCUT2D eigenvalue weighted by molar-refractivity contribution is 0.0824. The quantitative estimate of drug-likeness (QED) is 0.635. The van der Waals surface area contributed by atoms with E-state index >= 15 is 0 Å². The van der Waals surface area contributed by atoms with Crippen molar-refractivity contribution in [3.8, 4) is 34.5 Å². The van der Waals surface area contributed by atoms with E-state index in [0.29, 0.717) is 5.56 Å². The molecule has 0 amide bonds. The third kappa shape index (κ3) is 2.54. The van der Waals surface area contributed by atoms with Crippen molar-refractivity contribution in [3.05, 3.63) is 35.4 Å². The summed E-state index contributed by atoms with van der Waals surface area (Å²) >= 11 is 0. The van der Waals surface area contributed by atoms with Crippen molar-refractivity contribution >= 4 is 5.78 Å². The molecule has 126 valence electrons. The van der Waals surface area contributed by atoms with Gasteiger partial charge in [-0.25, -0.2) is 0 Å². The second kappa shape index (κ2) is 5.84. The Kier molecular flexibility index (Phi) is 3.84. The summed E-state index contributed by atoms with van der Waals surface area (Å²) in [7, 11) is 1.27. The van der Waals surface area contributed by atoms with E-state index in [9.17, 15) is 25.2 Å². The summed E-state index contributed by atoms with van der Waals surface area (Å²) in [5.41, 5.74) is 0.602. The van der Waals surface area contributed by atoms with Gasteiger partial charge in [0.2, 0.25) is 5.75 Å². The highest BCUT2D eigenvalue weighted by Crippen LogP contribution is 2.46. The largest absolute Gasteiger partial charge is 0.504 e. The Labute approximate surface area is 137 Å². The van der Waals surface area contributed by atoms with Gasteiger partial charge in [0.05, 0.1) is 19.6 Å². The molecule has 0 saturated heterocycles. The smallest absolute Gasteiger partial charge is 0.203 e. The first-order valence-electron chi connectivity index (χ1n) is 7.23. The maximum Gasteiger partial charge on any atom is 0.203 e. The summed E-state index contributed by atoms with van der Waals surface area (Å²) in [5.74, 6) is -2.31. The van der Waals surface area contributed by atoms with Crippen LogP contribution in [0.4, 0.5) is 0 Å². The van der Waals surface area contributed by atoms with Gasteiger partial charge in [-0.15, -0.1) is 0 Å². The number of methoxy groups -OCH3 is 1. The summed E-state index contributed by atoms with van der Waals surface area (Å²) in [4.78, 5) is 12.7. The van der Waals surface area contributed by atoms with Gasteiger partial charge < -0.3 is 29.9 Å². The number of ether oxygens (including phenoxy) is 2. The fourth-order valence-corrected chi connectivity index (χ4v) is 2.77. The van der Waals surface area contributed by atoms with E-state index in [1.165, 1.54) is 25.3 Å². The average Bonchev–Trinajstić information content (AvgIpc) is 2.53. The molecule has 24 heavy (non-hydrogen) atoms. The zero-order valence-electron chi connectivity index (χ0n) is 12.8. The lowest BCUT2D eigenvalue weighted by atomic mass is 9.89. The molecule has 0 aliphatic carbocycles. The number of phenolic OH excluding ortho intramolecular Hbond substituents is 4. The first-order chi connectivity index (χ1) is 11.4. The van der Waals surface area contributed by atoms with Crippen LogP contribution in [0.3, 0.4) is 0 Å². The molecular formula is C17H16O7. The van der Waals surface area contributed by atoms with Crippen LogP contribution in [0.5, 0.6) is 34.5 Å². The average molecular weight is 332 g/mol. The SMILES string of the molecule is COc1c(O)cc2c(c1O)C(=O)[C@@H](Cc1ccc(O)c(O)c1)CO2. The topological polar surface area (TPSA) is 116 Å². The van der Waals surface area contributed by atoms with Gasteiger partial charge in [0.1, 0.15) is 11.3 Å². The van der Waals surface area contributed by atoms with Gasteiger partial charge in [-0.3, -0.25) is 4.79 Å². The summed E-state index contributed by atoms with van der Waals surface area (Å²) in [6, 6.07) is 5.53. The summed E-state index contributed by atoms with van der Waals surface area (Å²) < 4.78 is 10.4. The normalized spacial score (nSPS) is 16.4. The summed E-state index contributed by atoms with van der Waals surface area (Å²) in [6.45, 7) is 0.0681. The Balaban J connectivity index is 1.93. The highest BCUT2D eigenvalue weighted by molar-refractivity contribution is 6.05. The minimum atomic E-state index is -0.582. The molecule has 7 nitrogen and oxygen atoms in total. The number of Topliss-reactive ketones (excluding diaryl/α,β-unsaturated/α-hetero) is 1. The Morgan fingerprint density at radius 2 is 1.88 bits per heavy atom. The van der Waals surface area contributed by atoms with Crippen LogP contribution in [0.2, 0.25) is 0 Å². The molecule has 0 spiro atoms. The molecular weight excluding hydrogens is 316 g/mol. The predicted molar refractivity (Wildman–Crippen MR) is 83.1 cm³/mol. The van der Waals surface area contributed by atoms with E-state index in [1.807, 2.05) is 0 Å². The van der Waals surface area contributed by atoms with Crippen molar-refractivity contribution in [3.63, 3.8) is 0 Å². The van der Waals surface area contributed by atoms with Crippen molar-refractivity contribution in [2.45, 2.75) is 6.42 Å². The van der Waals surface area contributed by atoms with Crippen molar-refractivity contribution in [2.75, 3.05) is 13.7 Å². The van der Waals surface area contributed by atoms with Crippen LogP contribution in [-0.4, -0.2) is 39.9 Å². The maximum atomic E-state index is 12.7. The Morgan fingerprint density at radius 1 is 1.12 bits per heavy atom. The Morgan fingerprint density at radius 3 is 2.54 bits per heavy atom. The molecule has 0 saturated carbocycles. The number of ketones is 1. The van der Waals surface area contributed by atoms with Crippen LogP contribution >= 0.6 is 0 Å². The molecule has 3 rings (SSSR count). The number of fused-ring (bicyclic) bond motifs is 1. The van der Waals surface area contributed by atoms with Crippen LogP contribution in [0.25, 0.3) is 0 Å². The van der Waals surface area contributed by atoms with Crippen molar-refractivity contribution < 1.29 is 34.7 Å². The van der Waals surface area contributed by atoms with Crippen LogP contribution < -0.4 is 9.47 Å². The number of carbonyl (C=O) groups excluding carboxylic acids is 1. The van der Waals surface area contributed by atoms with Gasteiger partial charge in [0.15, 0.2) is 28.8 Å². The van der Waals surface area contributed by atoms with Crippen LogP contribution in [-0.2, 0) is 6.42 Å². The molecule has 0 radical (unpaired) electrons. The molecule has 0 bridgehead atoms. The number of hydrogen-bond donors (Lipinski definition) is 4. The molecule has 1 aliphatic rings. The lowest BCUT2D eigenvalue weighted by Gasteiger charge is -2.25. The Bertz CT molecular complexity index is 813. The molecule has 0 fully saturated rings. The summed E-state index contributed by atoms with van der Waals surface area (Å²) in [5, 5.41) is 38.8. The fourth-order valence-electron chi connectivity index (χ4n) is 2.77. The molecule has 7 heteroatoms.